The summed E-state index contributed by atoms with van der Waals surface area (Å²) in [6.45, 7) is -0.376. The summed E-state index contributed by atoms with van der Waals surface area (Å²) >= 11 is 0. The van der Waals surface area contributed by atoms with Crippen LogP contribution in [0.25, 0.3) is 0 Å². The SMILES string of the molecule is CN=C(NCC(=O)Nc1ccccc1)NCc1ccc(F)cc1C(F)(F)F.I. The number of guanidine groups is 1. The highest BCUT2D eigenvalue weighted by molar-refractivity contribution is 14.0. The Kier molecular flexibility index (Phi) is 9.16. The largest absolute Gasteiger partial charge is 0.416 e. The van der Waals surface area contributed by atoms with Gasteiger partial charge in [-0.25, -0.2) is 4.39 Å². The van der Waals surface area contributed by atoms with Gasteiger partial charge in [-0.1, -0.05) is 24.3 Å². The van der Waals surface area contributed by atoms with E-state index in [4.69, 9.17) is 0 Å². The first-order valence-electron chi connectivity index (χ1n) is 7.94. The normalized spacial score (nSPS) is 11.4. The lowest BCUT2D eigenvalue weighted by atomic mass is 10.1. The third-order valence-electron chi connectivity index (χ3n) is 3.52. The number of nitrogens with one attached hydrogen (secondary N) is 3. The molecule has 3 N–H and O–H groups in total. The molecular formula is C18H19F4IN4O. The molecule has 0 aliphatic heterocycles. The highest BCUT2D eigenvalue weighted by Gasteiger charge is 2.33. The topological polar surface area (TPSA) is 65.5 Å². The molecule has 0 aromatic heterocycles. The van der Waals surface area contributed by atoms with E-state index >= 15 is 0 Å². The van der Waals surface area contributed by atoms with Crippen LogP contribution in [-0.2, 0) is 17.5 Å². The molecule has 0 atom stereocenters. The average molecular weight is 510 g/mol. The highest BCUT2D eigenvalue weighted by atomic mass is 127. The van der Waals surface area contributed by atoms with E-state index in [2.05, 4.69) is 20.9 Å². The van der Waals surface area contributed by atoms with Gasteiger partial charge in [0.05, 0.1) is 12.1 Å². The van der Waals surface area contributed by atoms with Gasteiger partial charge in [-0.2, -0.15) is 13.2 Å². The molecule has 2 aromatic rings. The molecule has 5 nitrogen and oxygen atoms in total. The number of alkyl halides is 3. The summed E-state index contributed by atoms with van der Waals surface area (Å²) in [5.74, 6) is -1.18. The quantitative estimate of drug-likeness (QED) is 0.249. The first kappa shape index (κ1) is 23.7. The van der Waals surface area contributed by atoms with E-state index in [1.165, 1.54) is 7.05 Å². The predicted octanol–water partition coefficient (Wildman–Crippen LogP) is 3.77. The Morgan fingerprint density at radius 3 is 2.36 bits per heavy atom. The molecule has 0 radical (unpaired) electrons. The van der Waals surface area contributed by atoms with Crippen molar-refractivity contribution in [1.82, 2.24) is 10.6 Å². The molecular weight excluding hydrogens is 491 g/mol. The number of aliphatic imine (C=N–C) groups is 1. The monoisotopic (exact) mass is 510 g/mol. The molecule has 28 heavy (non-hydrogen) atoms. The molecule has 0 saturated carbocycles. The third-order valence-corrected chi connectivity index (χ3v) is 3.52. The molecule has 152 valence electrons. The van der Waals surface area contributed by atoms with Crippen LogP contribution < -0.4 is 16.0 Å². The first-order chi connectivity index (χ1) is 12.8. The number of hydrogen-bond donors (Lipinski definition) is 3. The van der Waals surface area contributed by atoms with Crippen LogP contribution in [0.5, 0.6) is 0 Å². The van der Waals surface area contributed by atoms with Crippen LogP contribution in [0.15, 0.2) is 53.5 Å². The van der Waals surface area contributed by atoms with Gasteiger partial charge >= 0.3 is 6.18 Å². The summed E-state index contributed by atoms with van der Waals surface area (Å²) in [7, 11) is 1.42. The molecule has 10 heteroatoms. The third kappa shape index (κ3) is 7.33. The zero-order valence-electron chi connectivity index (χ0n) is 14.8. The lowest BCUT2D eigenvalue weighted by Gasteiger charge is -2.16. The van der Waals surface area contributed by atoms with E-state index in [0.29, 0.717) is 11.8 Å². The summed E-state index contributed by atoms with van der Waals surface area (Å²) < 4.78 is 52.1. The summed E-state index contributed by atoms with van der Waals surface area (Å²) in [5, 5.41) is 8.03. The summed E-state index contributed by atoms with van der Waals surface area (Å²) in [4.78, 5) is 15.7. The van der Waals surface area contributed by atoms with Crippen LogP contribution in [0, 0.1) is 5.82 Å². The standard InChI is InChI=1S/C18H18F4N4O.HI/c1-23-17(25-11-16(27)26-14-5-3-2-4-6-14)24-10-12-7-8-13(19)9-15(12)18(20,21)22;/h2-9H,10-11H2,1H3,(H,26,27)(H2,23,24,25);1H. The first-order valence-corrected chi connectivity index (χ1v) is 7.94. The molecule has 0 fully saturated rings. The van der Waals surface area contributed by atoms with Gasteiger partial charge in [-0.15, -0.1) is 24.0 Å². The molecule has 0 heterocycles. The second kappa shape index (κ2) is 10.8. The van der Waals surface area contributed by atoms with Crippen molar-refractivity contribution in [2.45, 2.75) is 12.7 Å². The minimum atomic E-state index is -4.67. The van der Waals surface area contributed by atoms with Gasteiger partial charge in [0, 0.05) is 19.3 Å². The number of hydrogen-bond acceptors (Lipinski definition) is 2. The lowest BCUT2D eigenvalue weighted by Crippen LogP contribution is -2.41. The second-order valence-electron chi connectivity index (χ2n) is 5.49. The van der Waals surface area contributed by atoms with E-state index in [1.54, 1.807) is 24.3 Å². The molecule has 2 aromatic carbocycles. The van der Waals surface area contributed by atoms with Crippen LogP contribution in [0.4, 0.5) is 23.2 Å². The minimum Gasteiger partial charge on any atom is -0.352 e. The maximum Gasteiger partial charge on any atom is 0.416 e. The minimum absolute atomic E-state index is 0. The molecule has 0 saturated heterocycles. The molecule has 1 amide bonds. The molecule has 0 aliphatic carbocycles. The van der Waals surface area contributed by atoms with E-state index in [1.807, 2.05) is 6.07 Å². The number of carbonyl (C=O) groups excluding carboxylic acids is 1. The van der Waals surface area contributed by atoms with E-state index in [-0.39, 0.29) is 54.5 Å². The Morgan fingerprint density at radius 1 is 1.07 bits per heavy atom. The molecule has 0 unspecified atom stereocenters. The average Bonchev–Trinajstić information content (AvgIpc) is 2.62. The fraction of sp³-hybridized carbons (Fsp3) is 0.222. The van der Waals surface area contributed by atoms with Gasteiger partial charge in [-0.05, 0) is 29.8 Å². The van der Waals surface area contributed by atoms with Crippen LogP contribution in [0.3, 0.4) is 0 Å². The number of benzene rings is 2. The summed E-state index contributed by atoms with van der Waals surface area (Å²) in [6.07, 6.45) is -4.67. The summed E-state index contributed by atoms with van der Waals surface area (Å²) in [6, 6.07) is 11.2. The van der Waals surface area contributed by atoms with Gasteiger partial charge in [0.15, 0.2) is 5.96 Å². The highest BCUT2D eigenvalue weighted by Crippen LogP contribution is 2.32. The fourth-order valence-corrected chi connectivity index (χ4v) is 2.26. The number of rotatable bonds is 5. The Balaban J connectivity index is 0.00000392. The van der Waals surface area contributed by atoms with Crippen molar-refractivity contribution in [3.63, 3.8) is 0 Å². The van der Waals surface area contributed by atoms with Gasteiger partial charge in [0.2, 0.25) is 5.91 Å². The zero-order valence-corrected chi connectivity index (χ0v) is 17.1. The molecule has 0 spiro atoms. The van der Waals surface area contributed by atoms with Crippen molar-refractivity contribution in [1.29, 1.82) is 0 Å². The molecule has 0 aliphatic rings. The Hall–Kier alpha value is -2.37. The number of carbonyl (C=O) groups is 1. The van der Waals surface area contributed by atoms with E-state index in [0.717, 1.165) is 12.1 Å². The smallest absolute Gasteiger partial charge is 0.352 e. The predicted molar refractivity (Wildman–Crippen MR) is 110 cm³/mol. The number of para-hydroxylation sites is 1. The summed E-state index contributed by atoms with van der Waals surface area (Å²) in [5.41, 5.74) is -0.582. The van der Waals surface area contributed by atoms with E-state index in [9.17, 15) is 22.4 Å². The van der Waals surface area contributed by atoms with Gasteiger partial charge in [-0.3, -0.25) is 9.79 Å². The van der Waals surface area contributed by atoms with Gasteiger partial charge in [0.25, 0.3) is 0 Å². The Bertz CT molecular complexity index is 813. The van der Waals surface area contributed by atoms with Crippen LogP contribution in [0.2, 0.25) is 0 Å². The van der Waals surface area contributed by atoms with Crippen LogP contribution in [0.1, 0.15) is 11.1 Å². The van der Waals surface area contributed by atoms with Crippen molar-refractivity contribution in [3.8, 4) is 0 Å². The van der Waals surface area contributed by atoms with Crippen molar-refractivity contribution >= 4 is 41.5 Å². The Morgan fingerprint density at radius 2 is 1.75 bits per heavy atom. The second-order valence-corrected chi connectivity index (χ2v) is 5.49. The van der Waals surface area contributed by atoms with Crippen LogP contribution >= 0.6 is 24.0 Å². The van der Waals surface area contributed by atoms with Crippen molar-refractivity contribution in [3.05, 3.63) is 65.5 Å². The van der Waals surface area contributed by atoms with Crippen LogP contribution in [-0.4, -0.2) is 25.5 Å². The Labute approximate surface area is 176 Å². The zero-order chi connectivity index (χ0) is 19.9. The van der Waals surface area contributed by atoms with Crippen molar-refractivity contribution < 1.29 is 22.4 Å². The van der Waals surface area contributed by atoms with Gasteiger partial charge < -0.3 is 16.0 Å². The van der Waals surface area contributed by atoms with Crippen molar-refractivity contribution in [2.75, 3.05) is 18.9 Å². The number of amides is 1. The number of nitrogens with zero attached hydrogens (tertiary/aromatic N) is 1. The molecule has 2 rings (SSSR count). The maximum absolute atomic E-state index is 13.1. The number of anilines is 1. The lowest BCUT2D eigenvalue weighted by molar-refractivity contribution is -0.138. The van der Waals surface area contributed by atoms with Gasteiger partial charge in [0.1, 0.15) is 5.82 Å². The molecule has 0 bridgehead atoms. The van der Waals surface area contributed by atoms with E-state index < -0.39 is 17.6 Å². The van der Waals surface area contributed by atoms with Crippen molar-refractivity contribution in [2.24, 2.45) is 4.99 Å². The number of halogens is 5. The fourth-order valence-electron chi connectivity index (χ4n) is 2.26. The maximum atomic E-state index is 13.1.